The highest BCUT2D eigenvalue weighted by molar-refractivity contribution is 9.10. The smallest absolute Gasteiger partial charge is 0.248 e. The van der Waals surface area contributed by atoms with Crippen LogP contribution in [0.1, 0.15) is 5.76 Å². The summed E-state index contributed by atoms with van der Waals surface area (Å²) in [7, 11) is 0. The van der Waals surface area contributed by atoms with E-state index >= 15 is 0 Å². The average Bonchev–Trinajstić information content (AvgIpc) is 3.16. The van der Waals surface area contributed by atoms with E-state index in [9.17, 15) is 4.79 Å². The molecule has 2 aromatic carbocycles. The van der Waals surface area contributed by atoms with Crippen molar-refractivity contribution in [3.8, 4) is 11.3 Å². The molecule has 0 aliphatic heterocycles. The molecule has 2 aromatic heterocycles. The fourth-order valence-electron chi connectivity index (χ4n) is 2.76. The Kier molecular flexibility index (Phi) is 4.85. The van der Waals surface area contributed by atoms with Gasteiger partial charge in [0.25, 0.3) is 0 Å². The topological polar surface area (TPSA) is 55.1 Å². The van der Waals surface area contributed by atoms with Gasteiger partial charge in [-0.1, -0.05) is 34.1 Å². The van der Waals surface area contributed by atoms with Crippen molar-refractivity contribution in [2.75, 3.05) is 5.32 Å². The number of furan rings is 1. The van der Waals surface area contributed by atoms with E-state index in [-0.39, 0.29) is 5.91 Å². The van der Waals surface area contributed by atoms with Crippen molar-refractivity contribution in [3.63, 3.8) is 0 Å². The Morgan fingerprint density at radius 3 is 2.70 bits per heavy atom. The van der Waals surface area contributed by atoms with E-state index in [1.165, 1.54) is 6.08 Å². The van der Waals surface area contributed by atoms with E-state index in [0.717, 1.165) is 32.4 Å². The Hall–Kier alpha value is -3.18. The predicted molar refractivity (Wildman–Crippen MR) is 111 cm³/mol. The quantitative estimate of drug-likeness (QED) is 0.419. The number of anilines is 1. The summed E-state index contributed by atoms with van der Waals surface area (Å²) in [5.74, 6) is 1.14. The molecule has 0 unspecified atom stereocenters. The molecule has 0 atom stereocenters. The van der Waals surface area contributed by atoms with Crippen LogP contribution in [-0.4, -0.2) is 10.9 Å². The van der Waals surface area contributed by atoms with Gasteiger partial charge in [0.15, 0.2) is 0 Å². The van der Waals surface area contributed by atoms with Crippen LogP contribution in [-0.2, 0) is 4.79 Å². The molecule has 4 aromatic rings. The Labute approximate surface area is 164 Å². The Morgan fingerprint density at radius 1 is 1.00 bits per heavy atom. The maximum Gasteiger partial charge on any atom is 0.248 e. The molecule has 0 aliphatic rings. The number of nitrogens with one attached hydrogen (secondary N) is 1. The molecule has 0 radical (unpaired) electrons. The van der Waals surface area contributed by atoms with E-state index in [4.69, 9.17) is 4.42 Å². The van der Waals surface area contributed by atoms with Gasteiger partial charge < -0.3 is 9.73 Å². The van der Waals surface area contributed by atoms with Crippen LogP contribution in [0.25, 0.3) is 28.3 Å². The van der Waals surface area contributed by atoms with Crippen LogP contribution >= 0.6 is 15.9 Å². The van der Waals surface area contributed by atoms with Crippen molar-refractivity contribution in [2.45, 2.75) is 0 Å². The standard InChI is InChI=1S/C22H15BrN2O2/c23-16-8-6-15(7-9-16)21-12-10-17(27-21)11-13-22(26)25-20-5-1-4-19-18(20)3-2-14-24-19/h1-14H,(H,25,26)/b13-11+. The molecule has 132 valence electrons. The molecule has 2 heterocycles. The zero-order valence-corrected chi connectivity index (χ0v) is 15.8. The molecule has 0 aliphatic carbocycles. The number of fused-ring (bicyclic) bond motifs is 1. The summed E-state index contributed by atoms with van der Waals surface area (Å²) in [6.45, 7) is 0. The first kappa shape index (κ1) is 17.2. The minimum Gasteiger partial charge on any atom is -0.457 e. The zero-order valence-electron chi connectivity index (χ0n) is 14.2. The SMILES string of the molecule is O=C(/C=C/c1ccc(-c2ccc(Br)cc2)o1)Nc1cccc2ncccc12. The predicted octanol–water partition coefficient (Wildman–Crippen LogP) is 5.91. The molecule has 27 heavy (non-hydrogen) atoms. The number of halogens is 1. The summed E-state index contributed by atoms with van der Waals surface area (Å²) < 4.78 is 6.80. The van der Waals surface area contributed by atoms with Crippen LogP contribution in [0.4, 0.5) is 5.69 Å². The second-order valence-corrected chi connectivity index (χ2v) is 6.82. The highest BCUT2D eigenvalue weighted by atomic mass is 79.9. The van der Waals surface area contributed by atoms with Crippen molar-refractivity contribution in [3.05, 3.63) is 89.2 Å². The monoisotopic (exact) mass is 418 g/mol. The molecule has 1 N–H and O–H groups in total. The maximum atomic E-state index is 12.3. The Balaban J connectivity index is 1.48. The van der Waals surface area contributed by atoms with Gasteiger partial charge in [0.05, 0.1) is 11.2 Å². The molecule has 0 saturated heterocycles. The highest BCUT2D eigenvalue weighted by Gasteiger charge is 2.05. The number of hydrogen-bond donors (Lipinski definition) is 1. The summed E-state index contributed by atoms with van der Waals surface area (Å²) in [6, 6.07) is 21.0. The normalized spacial score (nSPS) is 11.1. The fourth-order valence-corrected chi connectivity index (χ4v) is 3.02. The first-order valence-corrected chi connectivity index (χ1v) is 9.17. The van der Waals surface area contributed by atoms with Gasteiger partial charge in [-0.05, 0) is 54.6 Å². The fraction of sp³-hybridized carbons (Fsp3) is 0. The molecule has 0 fully saturated rings. The van der Waals surface area contributed by atoms with Crippen LogP contribution in [0, 0.1) is 0 Å². The zero-order chi connectivity index (χ0) is 18.6. The van der Waals surface area contributed by atoms with Crippen molar-refractivity contribution in [2.24, 2.45) is 0 Å². The minimum absolute atomic E-state index is 0.229. The van der Waals surface area contributed by atoms with Crippen LogP contribution < -0.4 is 5.32 Å². The lowest BCUT2D eigenvalue weighted by atomic mass is 10.2. The van der Waals surface area contributed by atoms with Crippen molar-refractivity contribution < 1.29 is 9.21 Å². The molecular weight excluding hydrogens is 404 g/mol. The summed E-state index contributed by atoms with van der Waals surface area (Å²) in [6.07, 6.45) is 4.84. The van der Waals surface area contributed by atoms with Gasteiger partial charge in [-0.15, -0.1) is 0 Å². The number of benzene rings is 2. The molecule has 0 bridgehead atoms. The second kappa shape index (κ2) is 7.60. The van der Waals surface area contributed by atoms with Crippen LogP contribution in [0.5, 0.6) is 0 Å². The van der Waals surface area contributed by atoms with E-state index in [2.05, 4.69) is 26.2 Å². The maximum absolute atomic E-state index is 12.3. The molecule has 1 amide bonds. The van der Waals surface area contributed by atoms with Gasteiger partial charge in [0.1, 0.15) is 11.5 Å². The number of carbonyl (C=O) groups is 1. The molecule has 4 rings (SSSR count). The third kappa shape index (κ3) is 3.99. The molecule has 0 spiro atoms. The molecular formula is C22H15BrN2O2. The van der Waals surface area contributed by atoms with E-state index in [1.54, 1.807) is 12.3 Å². The van der Waals surface area contributed by atoms with Crippen LogP contribution in [0.2, 0.25) is 0 Å². The minimum atomic E-state index is -0.229. The van der Waals surface area contributed by atoms with Crippen LogP contribution in [0.3, 0.4) is 0 Å². The lowest BCUT2D eigenvalue weighted by Gasteiger charge is -2.05. The Bertz CT molecular complexity index is 1130. The van der Waals surface area contributed by atoms with E-state index in [1.807, 2.05) is 66.7 Å². The lowest BCUT2D eigenvalue weighted by molar-refractivity contribution is -0.111. The second-order valence-electron chi connectivity index (χ2n) is 5.91. The molecule has 0 saturated carbocycles. The number of carbonyl (C=O) groups excluding carboxylic acids is 1. The van der Waals surface area contributed by atoms with Crippen molar-refractivity contribution in [1.29, 1.82) is 0 Å². The van der Waals surface area contributed by atoms with Gasteiger partial charge >= 0.3 is 0 Å². The number of hydrogen-bond acceptors (Lipinski definition) is 3. The highest BCUT2D eigenvalue weighted by Crippen LogP contribution is 2.25. The number of nitrogens with zero attached hydrogens (tertiary/aromatic N) is 1. The van der Waals surface area contributed by atoms with Crippen molar-refractivity contribution in [1.82, 2.24) is 4.98 Å². The summed E-state index contributed by atoms with van der Waals surface area (Å²) in [5, 5.41) is 3.79. The summed E-state index contributed by atoms with van der Waals surface area (Å²) in [4.78, 5) is 16.6. The molecule has 5 heteroatoms. The van der Waals surface area contributed by atoms with E-state index in [0.29, 0.717) is 5.76 Å². The largest absolute Gasteiger partial charge is 0.457 e. The lowest BCUT2D eigenvalue weighted by Crippen LogP contribution is -2.08. The van der Waals surface area contributed by atoms with Gasteiger partial charge in [-0.3, -0.25) is 9.78 Å². The van der Waals surface area contributed by atoms with Crippen molar-refractivity contribution >= 4 is 44.5 Å². The average molecular weight is 419 g/mol. The molecule has 4 nitrogen and oxygen atoms in total. The van der Waals surface area contributed by atoms with Crippen LogP contribution in [0.15, 0.2) is 87.9 Å². The first-order valence-electron chi connectivity index (χ1n) is 8.38. The number of amides is 1. The van der Waals surface area contributed by atoms with Gasteiger partial charge in [0.2, 0.25) is 5.91 Å². The summed E-state index contributed by atoms with van der Waals surface area (Å²) >= 11 is 3.42. The third-order valence-corrected chi connectivity index (χ3v) is 4.59. The number of pyridine rings is 1. The number of rotatable bonds is 4. The van der Waals surface area contributed by atoms with Gasteiger partial charge in [-0.2, -0.15) is 0 Å². The van der Waals surface area contributed by atoms with Gasteiger partial charge in [-0.25, -0.2) is 0 Å². The Morgan fingerprint density at radius 2 is 1.85 bits per heavy atom. The first-order chi connectivity index (χ1) is 13.2. The number of aromatic nitrogens is 1. The summed E-state index contributed by atoms with van der Waals surface area (Å²) in [5.41, 5.74) is 2.54. The van der Waals surface area contributed by atoms with E-state index < -0.39 is 0 Å². The third-order valence-electron chi connectivity index (χ3n) is 4.06. The van der Waals surface area contributed by atoms with Gasteiger partial charge in [0, 0.05) is 27.7 Å².